The molecule has 0 aromatic carbocycles. The number of carbonyl (C=O) groups is 1. The number of hydrogen-bond donors (Lipinski definition) is 2. The first kappa shape index (κ1) is 13.5. The molecule has 1 aromatic rings. The average molecular weight is 274 g/mol. The monoisotopic (exact) mass is 274 g/mol. The second kappa shape index (κ2) is 5.48. The average Bonchev–Trinajstić information content (AvgIpc) is 2.47. The molecule has 1 aromatic heterocycles. The fourth-order valence-corrected chi connectivity index (χ4v) is 3.40. The minimum absolute atomic E-state index is 0.0936. The lowest BCUT2D eigenvalue weighted by atomic mass is 9.72. The first-order valence-corrected chi connectivity index (χ1v) is 7.48. The Morgan fingerprint density at radius 3 is 2.70 bits per heavy atom. The van der Waals surface area contributed by atoms with E-state index in [-0.39, 0.29) is 24.0 Å². The fourth-order valence-electron chi connectivity index (χ4n) is 3.40. The molecule has 2 N–H and O–H groups in total. The van der Waals surface area contributed by atoms with Crippen molar-refractivity contribution in [2.24, 2.45) is 17.8 Å². The van der Waals surface area contributed by atoms with Gasteiger partial charge >= 0.3 is 0 Å². The van der Waals surface area contributed by atoms with Gasteiger partial charge in [0, 0.05) is 18.4 Å². The predicted octanol–water partition coefficient (Wildman–Crippen LogP) is 1.64. The van der Waals surface area contributed by atoms with Crippen molar-refractivity contribution >= 4 is 5.91 Å². The Bertz CT molecular complexity index is 476. The summed E-state index contributed by atoms with van der Waals surface area (Å²) in [6, 6.07) is 2.04. The van der Waals surface area contributed by atoms with E-state index in [2.05, 4.69) is 34.4 Å². The van der Waals surface area contributed by atoms with E-state index in [1.165, 1.54) is 6.42 Å². The van der Waals surface area contributed by atoms with Crippen molar-refractivity contribution < 1.29 is 4.79 Å². The van der Waals surface area contributed by atoms with Crippen molar-refractivity contribution in [2.45, 2.75) is 45.3 Å². The molecule has 2 fully saturated rings. The van der Waals surface area contributed by atoms with Crippen LogP contribution in [0.3, 0.4) is 0 Å². The number of nitrogens with zero attached hydrogens (tertiary/aromatic N) is 2. The number of rotatable bonds is 2. The summed E-state index contributed by atoms with van der Waals surface area (Å²) >= 11 is 0. The zero-order valence-electron chi connectivity index (χ0n) is 12.0. The molecule has 2 aliphatic rings. The molecule has 5 heteroatoms. The molecule has 0 radical (unpaired) electrons. The van der Waals surface area contributed by atoms with Crippen LogP contribution in [-0.4, -0.2) is 21.9 Å². The number of fused-ring (bicyclic) bond motifs is 1. The SMILES string of the molecule is CC(C)C1CCC2NC(c3ncccn3)NC(=O)C2C1. The van der Waals surface area contributed by atoms with Crippen LogP contribution in [0.15, 0.2) is 18.5 Å². The van der Waals surface area contributed by atoms with Gasteiger partial charge in [0.2, 0.25) is 5.91 Å². The van der Waals surface area contributed by atoms with Gasteiger partial charge in [-0.3, -0.25) is 10.1 Å². The molecule has 0 spiro atoms. The minimum Gasteiger partial charge on any atom is -0.334 e. The first-order valence-electron chi connectivity index (χ1n) is 7.48. The highest BCUT2D eigenvalue weighted by molar-refractivity contribution is 5.80. The minimum atomic E-state index is -0.249. The maximum atomic E-state index is 12.4. The molecule has 108 valence electrons. The highest BCUT2D eigenvalue weighted by Gasteiger charge is 2.41. The van der Waals surface area contributed by atoms with Crippen molar-refractivity contribution in [2.75, 3.05) is 0 Å². The number of amides is 1. The van der Waals surface area contributed by atoms with Crippen LogP contribution in [-0.2, 0) is 4.79 Å². The number of nitrogens with one attached hydrogen (secondary N) is 2. The second-order valence-corrected chi connectivity index (χ2v) is 6.25. The van der Waals surface area contributed by atoms with Gasteiger partial charge in [-0.05, 0) is 37.2 Å². The third-order valence-electron chi connectivity index (χ3n) is 4.68. The first-order chi connectivity index (χ1) is 9.65. The van der Waals surface area contributed by atoms with Crippen molar-refractivity contribution in [3.8, 4) is 0 Å². The van der Waals surface area contributed by atoms with Crippen LogP contribution in [0.4, 0.5) is 0 Å². The van der Waals surface area contributed by atoms with Gasteiger partial charge in [-0.2, -0.15) is 0 Å². The Balaban J connectivity index is 1.72. The predicted molar refractivity (Wildman–Crippen MR) is 75.5 cm³/mol. The van der Waals surface area contributed by atoms with Crippen LogP contribution in [0.2, 0.25) is 0 Å². The molecular weight excluding hydrogens is 252 g/mol. The van der Waals surface area contributed by atoms with E-state index >= 15 is 0 Å². The Kier molecular flexibility index (Phi) is 3.70. The molecule has 1 amide bonds. The number of aromatic nitrogens is 2. The Morgan fingerprint density at radius 1 is 1.25 bits per heavy atom. The van der Waals surface area contributed by atoms with E-state index < -0.39 is 0 Å². The van der Waals surface area contributed by atoms with Gasteiger partial charge in [-0.15, -0.1) is 0 Å². The highest BCUT2D eigenvalue weighted by Crippen LogP contribution is 2.36. The van der Waals surface area contributed by atoms with Crippen LogP contribution in [0, 0.1) is 17.8 Å². The lowest BCUT2D eigenvalue weighted by Crippen LogP contribution is -2.59. The normalized spacial score (nSPS) is 33.6. The van der Waals surface area contributed by atoms with Gasteiger partial charge in [0.15, 0.2) is 5.82 Å². The Morgan fingerprint density at radius 2 is 2.00 bits per heavy atom. The van der Waals surface area contributed by atoms with E-state index in [1.54, 1.807) is 18.5 Å². The van der Waals surface area contributed by atoms with Gasteiger partial charge in [0.05, 0.1) is 5.92 Å². The fraction of sp³-hybridized carbons (Fsp3) is 0.667. The number of carbonyl (C=O) groups excluding carboxylic acids is 1. The summed E-state index contributed by atoms with van der Waals surface area (Å²) in [6.07, 6.45) is 6.41. The van der Waals surface area contributed by atoms with Crippen molar-refractivity contribution in [1.82, 2.24) is 20.6 Å². The molecule has 20 heavy (non-hydrogen) atoms. The number of hydrogen-bond acceptors (Lipinski definition) is 4. The molecule has 1 aliphatic heterocycles. The summed E-state index contributed by atoms with van der Waals surface area (Å²) in [5.41, 5.74) is 0. The quantitative estimate of drug-likeness (QED) is 0.860. The molecular formula is C15H22N4O. The van der Waals surface area contributed by atoms with Gasteiger partial charge in [0.25, 0.3) is 0 Å². The summed E-state index contributed by atoms with van der Waals surface area (Å²) in [5.74, 6) is 2.20. The lowest BCUT2D eigenvalue weighted by molar-refractivity contribution is -0.132. The molecule has 0 bridgehead atoms. The Labute approximate surface area is 119 Å². The summed E-state index contributed by atoms with van der Waals surface area (Å²) in [4.78, 5) is 20.8. The molecule has 1 saturated carbocycles. The third kappa shape index (κ3) is 2.54. The van der Waals surface area contributed by atoms with Crippen molar-refractivity contribution in [1.29, 1.82) is 0 Å². The summed E-state index contributed by atoms with van der Waals surface area (Å²) in [5, 5.41) is 6.52. The van der Waals surface area contributed by atoms with Crippen molar-refractivity contribution in [3.05, 3.63) is 24.3 Å². The van der Waals surface area contributed by atoms with Crippen LogP contribution in [0.5, 0.6) is 0 Å². The van der Waals surface area contributed by atoms with E-state index in [4.69, 9.17) is 0 Å². The zero-order chi connectivity index (χ0) is 14.1. The van der Waals surface area contributed by atoms with E-state index in [9.17, 15) is 4.79 Å². The molecule has 4 atom stereocenters. The van der Waals surface area contributed by atoms with Gasteiger partial charge in [-0.1, -0.05) is 13.8 Å². The van der Waals surface area contributed by atoms with Crippen LogP contribution in [0.25, 0.3) is 0 Å². The molecule has 5 nitrogen and oxygen atoms in total. The van der Waals surface area contributed by atoms with Crippen LogP contribution >= 0.6 is 0 Å². The third-order valence-corrected chi connectivity index (χ3v) is 4.68. The van der Waals surface area contributed by atoms with E-state index in [1.807, 2.05) is 0 Å². The lowest BCUT2D eigenvalue weighted by Gasteiger charge is -2.43. The van der Waals surface area contributed by atoms with Gasteiger partial charge in [-0.25, -0.2) is 9.97 Å². The standard InChI is InChI=1S/C15H22N4O/c1-9(2)10-4-5-12-11(8-10)15(20)19-14(18-12)13-16-6-3-7-17-13/h3,6-7,9-12,14,18H,4-5,8H2,1-2H3,(H,19,20). The largest absolute Gasteiger partial charge is 0.334 e. The maximum absolute atomic E-state index is 12.4. The summed E-state index contributed by atoms with van der Waals surface area (Å²) < 4.78 is 0. The molecule has 4 unspecified atom stereocenters. The molecule has 2 heterocycles. The zero-order valence-corrected chi connectivity index (χ0v) is 12.0. The van der Waals surface area contributed by atoms with Crippen LogP contribution in [0.1, 0.15) is 45.1 Å². The van der Waals surface area contributed by atoms with E-state index in [0.29, 0.717) is 17.7 Å². The van der Waals surface area contributed by atoms with Gasteiger partial charge in [0.1, 0.15) is 6.17 Å². The topological polar surface area (TPSA) is 66.9 Å². The van der Waals surface area contributed by atoms with E-state index in [0.717, 1.165) is 12.8 Å². The Hall–Kier alpha value is -1.49. The summed E-state index contributed by atoms with van der Waals surface area (Å²) in [6.45, 7) is 4.50. The molecule has 1 saturated heterocycles. The summed E-state index contributed by atoms with van der Waals surface area (Å²) in [7, 11) is 0. The van der Waals surface area contributed by atoms with Gasteiger partial charge < -0.3 is 5.32 Å². The maximum Gasteiger partial charge on any atom is 0.226 e. The van der Waals surface area contributed by atoms with Crippen LogP contribution < -0.4 is 10.6 Å². The highest BCUT2D eigenvalue weighted by atomic mass is 16.2. The second-order valence-electron chi connectivity index (χ2n) is 6.25. The molecule has 3 rings (SSSR count). The smallest absolute Gasteiger partial charge is 0.226 e. The molecule has 1 aliphatic carbocycles. The van der Waals surface area contributed by atoms with Crippen molar-refractivity contribution in [3.63, 3.8) is 0 Å².